The van der Waals surface area contributed by atoms with Crippen molar-refractivity contribution in [2.45, 2.75) is 49.8 Å². The Morgan fingerprint density at radius 1 is 1.36 bits per heavy atom. The van der Waals surface area contributed by atoms with E-state index in [1.54, 1.807) is 16.7 Å². The first-order valence-corrected chi connectivity index (χ1v) is 8.84. The van der Waals surface area contributed by atoms with Crippen LogP contribution in [-0.2, 0) is 4.74 Å². The number of hydrogen-bond donors (Lipinski definition) is 4. The van der Waals surface area contributed by atoms with Crippen molar-refractivity contribution in [3.63, 3.8) is 0 Å². The molecule has 0 bridgehead atoms. The van der Waals surface area contributed by atoms with Crippen LogP contribution in [0.1, 0.15) is 19.9 Å². The van der Waals surface area contributed by atoms with Crippen LogP contribution in [-0.4, -0.2) is 61.4 Å². The van der Waals surface area contributed by atoms with Crippen molar-refractivity contribution >= 4 is 40.2 Å². The molecular formula is C16H19Cl2N3O4. The van der Waals surface area contributed by atoms with Gasteiger partial charge in [0.15, 0.2) is 0 Å². The molecule has 1 saturated heterocycles. The molecule has 7 nitrogen and oxygen atoms in total. The second kappa shape index (κ2) is 5.70. The third-order valence-electron chi connectivity index (χ3n) is 4.86. The van der Waals surface area contributed by atoms with Gasteiger partial charge in [-0.15, -0.1) is 0 Å². The van der Waals surface area contributed by atoms with E-state index in [2.05, 4.69) is 10.3 Å². The Labute approximate surface area is 154 Å². The zero-order valence-corrected chi connectivity index (χ0v) is 15.2. The number of benzene rings is 1. The van der Waals surface area contributed by atoms with Gasteiger partial charge in [-0.05, 0) is 26.0 Å². The molecule has 1 saturated carbocycles. The summed E-state index contributed by atoms with van der Waals surface area (Å²) in [5.41, 5.74) is -0.165. The number of anilines is 1. The normalized spacial score (nSPS) is 33.9. The lowest BCUT2D eigenvalue weighted by Gasteiger charge is -2.22. The van der Waals surface area contributed by atoms with E-state index in [1.165, 1.54) is 0 Å². The first-order valence-electron chi connectivity index (χ1n) is 8.09. The Morgan fingerprint density at radius 3 is 2.60 bits per heavy atom. The minimum atomic E-state index is -1.47. The lowest BCUT2D eigenvalue weighted by Crippen LogP contribution is -2.39. The first-order chi connectivity index (χ1) is 11.8. The molecule has 1 aliphatic carbocycles. The number of halogens is 2. The molecule has 1 aromatic carbocycles. The molecule has 5 atom stereocenters. The number of rotatable bonds is 4. The van der Waals surface area contributed by atoms with Crippen LogP contribution in [0.4, 0.5) is 5.95 Å². The largest absolute Gasteiger partial charge is 0.394 e. The maximum absolute atomic E-state index is 10.9. The monoisotopic (exact) mass is 387 g/mol. The average Bonchev–Trinajstić information content (AvgIpc) is 2.83. The van der Waals surface area contributed by atoms with Crippen LogP contribution in [0, 0.1) is 0 Å². The molecule has 4 rings (SSSR count). The molecule has 1 aliphatic heterocycles. The van der Waals surface area contributed by atoms with Crippen molar-refractivity contribution in [2.24, 2.45) is 0 Å². The summed E-state index contributed by atoms with van der Waals surface area (Å²) in [6.45, 7) is 3.59. The highest BCUT2D eigenvalue weighted by Crippen LogP contribution is 2.60. The van der Waals surface area contributed by atoms with Gasteiger partial charge in [0, 0.05) is 6.04 Å². The molecule has 2 heterocycles. The van der Waals surface area contributed by atoms with Gasteiger partial charge in [0.1, 0.15) is 30.0 Å². The van der Waals surface area contributed by atoms with Crippen LogP contribution in [0.25, 0.3) is 11.0 Å². The second-order valence-corrected chi connectivity index (χ2v) is 7.73. The van der Waals surface area contributed by atoms with E-state index >= 15 is 0 Å². The maximum Gasteiger partial charge on any atom is 0.204 e. The smallest absolute Gasteiger partial charge is 0.204 e. The summed E-state index contributed by atoms with van der Waals surface area (Å²) in [5, 5.41) is 34.5. The van der Waals surface area contributed by atoms with Gasteiger partial charge in [0.2, 0.25) is 5.95 Å². The fourth-order valence-corrected chi connectivity index (χ4v) is 3.96. The van der Waals surface area contributed by atoms with Crippen LogP contribution >= 0.6 is 23.2 Å². The van der Waals surface area contributed by atoms with E-state index in [1.807, 2.05) is 13.8 Å². The van der Waals surface area contributed by atoms with Crippen LogP contribution in [0.3, 0.4) is 0 Å². The van der Waals surface area contributed by atoms with Gasteiger partial charge in [-0.2, -0.15) is 0 Å². The van der Waals surface area contributed by atoms with E-state index in [0.29, 0.717) is 27.0 Å². The molecule has 2 fully saturated rings. The van der Waals surface area contributed by atoms with Crippen molar-refractivity contribution in [3.05, 3.63) is 22.2 Å². The number of aliphatic hydroxyl groups excluding tert-OH is 2. The highest BCUT2D eigenvalue weighted by atomic mass is 35.5. The fraction of sp³-hybridized carbons (Fsp3) is 0.562. The van der Waals surface area contributed by atoms with E-state index < -0.39 is 30.0 Å². The summed E-state index contributed by atoms with van der Waals surface area (Å²) in [5.74, 6) is 0.535. The third-order valence-corrected chi connectivity index (χ3v) is 5.58. The minimum Gasteiger partial charge on any atom is -0.394 e. The summed E-state index contributed by atoms with van der Waals surface area (Å²) >= 11 is 12.3. The van der Waals surface area contributed by atoms with Crippen molar-refractivity contribution < 1.29 is 20.1 Å². The topological polar surface area (TPSA) is 99.8 Å². The molecule has 9 heteroatoms. The number of nitrogens with zero attached hydrogens (tertiary/aromatic N) is 2. The van der Waals surface area contributed by atoms with Gasteiger partial charge in [-0.25, -0.2) is 4.98 Å². The molecule has 25 heavy (non-hydrogen) atoms. The van der Waals surface area contributed by atoms with Gasteiger partial charge >= 0.3 is 0 Å². The maximum atomic E-state index is 10.9. The Balaban J connectivity index is 1.83. The first kappa shape index (κ1) is 17.3. The van der Waals surface area contributed by atoms with Crippen LogP contribution in [0.2, 0.25) is 10.0 Å². The Morgan fingerprint density at radius 2 is 2.04 bits per heavy atom. The van der Waals surface area contributed by atoms with Crippen LogP contribution in [0.5, 0.6) is 0 Å². The van der Waals surface area contributed by atoms with Crippen molar-refractivity contribution in [1.29, 1.82) is 0 Å². The average molecular weight is 388 g/mol. The zero-order chi connectivity index (χ0) is 18.1. The number of aliphatic hydroxyl groups is 3. The predicted octanol–water partition coefficient (Wildman–Crippen LogP) is 1.57. The van der Waals surface area contributed by atoms with Gasteiger partial charge in [-0.3, -0.25) is 0 Å². The third kappa shape index (κ3) is 2.38. The Hall–Kier alpha value is -1.09. The highest BCUT2D eigenvalue weighted by Gasteiger charge is 2.77. The lowest BCUT2D eigenvalue weighted by atomic mass is 10.1. The highest BCUT2D eigenvalue weighted by molar-refractivity contribution is 6.42. The molecule has 4 N–H and O–H groups in total. The van der Waals surface area contributed by atoms with Crippen molar-refractivity contribution in [3.8, 4) is 0 Å². The molecule has 136 valence electrons. The number of hydrogen-bond acceptors (Lipinski definition) is 6. The van der Waals surface area contributed by atoms with Crippen molar-refractivity contribution in [1.82, 2.24) is 9.55 Å². The molecule has 1 aromatic heterocycles. The quantitative estimate of drug-likeness (QED) is 0.635. The summed E-state index contributed by atoms with van der Waals surface area (Å²) in [6.07, 6.45) is -2.60. The molecule has 2 aliphatic rings. The molecule has 1 unspecified atom stereocenters. The standard InChI is InChI=1S/C16H19Cl2N3O4/c1-6(2)19-15-20-9-3-7(17)8(18)4-10(9)21(15)12-14-16(12,24)13(23)11(5-22)25-14/h3-4,6,11-14,22-24H,5H2,1-2H3,(H,19,20)/t11-,12?,13-,14+,16-/m0/s1. The molecular weight excluding hydrogens is 369 g/mol. The van der Waals surface area contributed by atoms with E-state index in [9.17, 15) is 15.3 Å². The molecule has 0 spiro atoms. The number of ether oxygens (including phenoxy) is 1. The zero-order valence-electron chi connectivity index (χ0n) is 13.6. The Kier molecular flexibility index (Phi) is 3.95. The number of nitrogens with one attached hydrogen (secondary N) is 1. The van der Waals surface area contributed by atoms with Gasteiger partial charge in [-0.1, -0.05) is 23.2 Å². The van der Waals surface area contributed by atoms with Crippen molar-refractivity contribution in [2.75, 3.05) is 11.9 Å². The van der Waals surface area contributed by atoms with E-state index in [4.69, 9.17) is 27.9 Å². The van der Waals surface area contributed by atoms with E-state index in [0.717, 1.165) is 0 Å². The second-order valence-electron chi connectivity index (χ2n) is 6.91. The number of imidazole rings is 1. The predicted molar refractivity (Wildman–Crippen MR) is 94.3 cm³/mol. The summed E-state index contributed by atoms with van der Waals surface area (Å²) in [4.78, 5) is 4.55. The summed E-state index contributed by atoms with van der Waals surface area (Å²) < 4.78 is 7.40. The van der Waals surface area contributed by atoms with Gasteiger partial charge in [0.05, 0.1) is 27.7 Å². The van der Waals surface area contributed by atoms with Gasteiger partial charge < -0.3 is 29.9 Å². The molecule has 0 radical (unpaired) electrons. The number of aromatic nitrogens is 2. The summed E-state index contributed by atoms with van der Waals surface area (Å²) in [6, 6.07) is 2.92. The minimum absolute atomic E-state index is 0.103. The van der Waals surface area contributed by atoms with Crippen LogP contribution < -0.4 is 5.32 Å². The fourth-order valence-electron chi connectivity index (χ4n) is 3.65. The molecule has 2 aromatic rings. The molecule has 0 amide bonds. The lowest BCUT2D eigenvalue weighted by molar-refractivity contribution is -0.0609. The Bertz CT molecular complexity index is 842. The number of fused-ring (bicyclic) bond motifs is 2. The summed E-state index contributed by atoms with van der Waals surface area (Å²) in [7, 11) is 0. The van der Waals surface area contributed by atoms with Gasteiger partial charge in [0.25, 0.3) is 0 Å². The van der Waals surface area contributed by atoms with E-state index in [-0.39, 0.29) is 12.6 Å². The van der Waals surface area contributed by atoms with Crippen LogP contribution in [0.15, 0.2) is 12.1 Å². The SMILES string of the molecule is CC(C)Nc1nc2cc(Cl)c(Cl)cc2n1C1[C@H]2O[C@@H](CO)[C@H](O)[C@@]12O.